The van der Waals surface area contributed by atoms with Crippen LogP contribution in [0.15, 0.2) is 60.5 Å². The number of halogens is 2. The van der Waals surface area contributed by atoms with E-state index < -0.39 is 9.85 Å². The van der Waals surface area contributed by atoms with Crippen molar-refractivity contribution in [3.8, 4) is 0 Å². The maximum atomic E-state index is 10.6. The predicted molar refractivity (Wildman–Crippen MR) is 140 cm³/mol. The lowest BCUT2D eigenvalue weighted by Gasteiger charge is -2.12. The molecule has 0 bridgehead atoms. The van der Waals surface area contributed by atoms with Gasteiger partial charge in [0.15, 0.2) is 0 Å². The Hall–Kier alpha value is -3.28. The first kappa shape index (κ1) is 33.9. The van der Waals surface area contributed by atoms with Gasteiger partial charge in [-0.15, -0.1) is 0 Å². The minimum atomic E-state index is -0.585. The molecule has 0 aliphatic rings. The monoisotopic (exact) mass is 529 g/mol. The molecule has 2 rings (SSSR count). The highest BCUT2D eigenvalue weighted by Gasteiger charge is 2.05. The van der Waals surface area contributed by atoms with Gasteiger partial charge in [0.1, 0.15) is 10.3 Å². The first-order chi connectivity index (χ1) is 15.5. The van der Waals surface area contributed by atoms with E-state index >= 15 is 0 Å². The van der Waals surface area contributed by atoms with Crippen LogP contribution in [0, 0.1) is 20.2 Å². The lowest BCUT2D eigenvalue weighted by molar-refractivity contribution is -0.403. The summed E-state index contributed by atoms with van der Waals surface area (Å²) < 4.78 is 0. The molecule has 0 saturated carbocycles. The van der Waals surface area contributed by atoms with Gasteiger partial charge in [-0.25, -0.2) is 9.97 Å². The molecule has 11 nitrogen and oxygen atoms in total. The zero-order valence-corrected chi connectivity index (χ0v) is 19.7. The Balaban J connectivity index is 0. The van der Waals surface area contributed by atoms with Gasteiger partial charge in [-0.3, -0.25) is 20.2 Å². The number of hydrogen-bond donors (Lipinski definition) is 2. The third-order valence-electron chi connectivity index (χ3n) is 3.82. The molecule has 0 amide bonds. The van der Waals surface area contributed by atoms with Gasteiger partial charge < -0.3 is 16.0 Å². The van der Waals surface area contributed by atoms with E-state index in [-0.39, 0.29) is 20.6 Å². The number of nitro groups is 2. The second kappa shape index (κ2) is 18.1. The van der Waals surface area contributed by atoms with E-state index in [1.54, 1.807) is 30.5 Å². The van der Waals surface area contributed by atoms with Gasteiger partial charge in [0, 0.05) is 38.3 Å². The molecule has 194 valence electrons. The van der Waals surface area contributed by atoms with E-state index in [2.05, 4.69) is 15.3 Å². The summed E-state index contributed by atoms with van der Waals surface area (Å²) in [6, 6.07) is 6.80. The average Bonchev–Trinajstić information content (AvgIpc) is 2.70. The Morgan fingerprint density at radius 3 is 1.86 bits per heavy atom. The number of hydrogen-bond acceptors (Lipinski definition) is 9. The number of allylic oxidation sites excluding steroid dienone is 2. The van der Waals surface area contributed by atoms with Gasteiger partial charge in [0.25, 0.3) is 12.4 Å². The van der Waals surface area contributed by atoms with Crippen LogP contribution >= 0.6 is 23.2 Å². The molecule has 0 fully saturated rings. The van der Waals surface area contributed by atoms with Crippen molar-refractivity contribution in [2.24, 2.45) is 5.73 Å². The summed E-state index contributed by atoms with van der Waals surface area (Å²) in [5.41, 5.74) is 7.79. The van der Waals surface area contributed by atoms with E-state index in [1.165, 1.54) is 6.20 Å². The number of nitrogens with one attached hydrogen (secondary N) is 1. The lowest BCUT2D eigenvalue weighted by atomic mass is 10.1. The van der Waals surface area contributed by atoms with Crippen molar-refractivity contribution >= 4 is 23.2 Å². The SMILES string of the molecule is C.C.CN(C)CCN/C(=C\[N+](=O)[O-])Cc1ccc(Cl)nc1.N/C(=C\[N+](=O)[O-])Cc1ccc(Cl)nc1. The summed E-state index contributed by atoms with van der Waals surface area (Å²) in [6.45, 7) is 1.45. The van der Waals surface area contributed by atoms with Gasteiger partial charge in [-0.05, 0) is 37.4 Å². The molecule has 0 aliphatic carbocycles. The molecule has 2 aromatic heterocycles. The fraction of sp³-hybridized carbons (Fsp3) is 0.364. The van der Waals surface area contributed by atoms with Crippen LogP contribution in [0.25, 0.3) is 0 Å². The number of nitrogens with zero attached hydrogens (tertiary/aromatic N) is 5. The molecule has 0 aromatic carbocycles. The first-order valence-corrected chi connectivity index (χ1v) is 10.3. The summed E-state index contributed by atoms with van der Waals surface area (Å²) in [5, 5.41) is 24.5. The van der Waals surface area contributed by atoms with Gasteiger partial charge in [-0.1, -0.05) is 50.2 Å². The van der Waals surface area contributed by atoms with Crippen LogP contribution in [-0.2, 0) is 12.8 Å². The molecule has 2 aromatic rings. The molecule has 13 heteroatoms. The van der Waals surface area contributed by atoms with Crippen molar-refractivity contribution in [2.45, 2.75) is 27.7 Å². The highest BCUT2D eigenvalue weighted by Crippen LogP contribution is 2.09. The van der Waals surface area contributed by atoms with Gasteiger partial charge >= 0.3 is 0 Å². The molecule has 0 aliphatic heterocycles. The third kappa shape index (κ3) is 16.9. The van der Waals surface area contributed by atoms with E-state index in [0.29, 0.717) is 35.4 Å². The quantitative estimate of drug-likeness (QED) is 0.262. The van der Waals surface area contributed by atoms with E-state index in [1.807, 2.05) is 19.0 Å². The van der Waals surface area contributed by atoms with Crippen LogP contribution in [0.2, 0.25) is 10.3 Å². The topological polar surface area (TPSA) is 153 Å². The Bertz CT molecular complexity index is 967. The summed E-state index contributed by atoms with van der Waals surface area (Å²) in [7, 11) is 3.89. The fourth-order valence-electron chi connectivity index (χ4n) is 2.38. The van der Waals surface area contributed by atoms with Crippen LogP contribution in [0.3, 0.4) is 0 Å². The molecule has 0 atom stereocenters. The van der Waals surface area contributed by atoms with E-state index in [9.17, 15) is 20.2 Å². The van der Waals surface area contributed by atoms with Gasteiger partial charge in [-0.2, -0.15) is 0 Å². The summed E-state index contributed by atoms with van der Waals surface area (Å²) >= 11 is 11.3. The summed E-state index contributed by atoms with van der Waals surface area (Å²) in [4.78, 5) is 29.4. The van der Waals surface area contributed by atoms with Crippen molar-refractivity contribution in [2.75, 3.05) is 27.2 Å². The predicted octanol–water partition coefficient (Wildman–Crippen LogP) is 4.17. The maximum Gasteiger partial charge on any atom is 0.253 e. The van der Waals surface area contributed by atoms with Gasteiger partial charge in [0.2, 0.25) is 0 Å². The van der Waals surface area contributed by atoms with Crippen molar-refractivity contribution < 1.29 is 9.85 Å². The maximum absolute atomic E-state index is 10.6. The van der Waals surface area contributed by atoms with Crippen molar-refractivity contribution in [3.05, 3.63) is 102 Å². The fourth-order valence-corrected chi connectivity index (χ4v) is 2.60. The normalized spacial score (nSPS) is 10.9. The molecule has 2 heterocycles. The van der Waals surface area contributed by atoms with Crippen LogP contribution in [0.1, 0.15) is 26.0 Å². The lowest BCUT2D eigenvalue weighted by Crippen LogP contribution is -2.27. The average molecular weight is 530 g/mol. The van der Waals surface area contributed by atoms with Crippen molar-refractivity contribution in [1.82, 2.24) is 20.2 Å². The Labute approximate surface area is 216 Å². The Morgan fingerprint density at radius 2 is 1.46 bits per heavy atom. The number of likely N-dealkylation sites (N-methyl/N-ethyl adjacent to an activating group) is 1. The molecular formula is C22H33Cl2N7O4. The Morgan fingerprint density at radius 1 is 0.971 bits per heavy atom. The zero-order chi connectivity index (χ0) is 24.8. The number of nitrogens with two attached hydrogens (primary N) is 1. The number of rotatable bonds is 10. The van der Waals surface area contributed by atoms with Crippen molar-refractivity contribution in [1.29, 1.82) is 0 Å². The summed E-state index contributed by atoms with van der Waals surface area (Å²) in [6.07, 6.45) is 5.63. The van der Waals surface area contributed by atoms with Gasteiger partial charge in [0.05, 0.1) is 21.2 Å². The minimum absolute atomic E-state index is 0. The molecule has 0 spiro atoms. The third-order valence-corrected chi connectivity index (χ3v) is 4.27. The first-order valence-electron chi connectivity index (χ1n) is 9.58. The van der Waals surface area contributed by atoms with Crippen LogP contribution in [-0.4, -0.2) is 51.9 Å². The molecule has 0 radical (unpaired) electrons. The smallest absolute Gasteiger partial charge is 0.253 e. The number of aromatic nitrogens is 2. The van der Waals surface area contributed by atoms with Crippen LogP contribution < -0.4 is 11.1 Å². The zero-order valence-electron chi connectivity index (χ0n) is 18.1. The molecule has 35 heavy (non-hydrogen) atoms. The second-order valence-corrected chi connectivity index (χ2v) is 7.77. The highest BCUT2D eigenvalue weighted by atomic mass is 35.5. The largest absolute Gasteiger partial charge is 0.397 e. The van der Waals surface area contributed by atoms with E-state index in [0.717, 1.165) is 30.1 Å². The summed E-state index contributed by atoms with van der Waals surface area (Å²) in [5.74, 6) is 0. The van der Waals surface area contributed by atoms with Crippen LogP contribution in [0.5, 0.6) is 0 Å². The van der Waals surface area contributed by atoms with E-state index in [4.69, 9.17) is 28.9 Å². The Kier molecular flexibility index (Phi) is 17.5. The molecule has 0 saturated heterocycles. The number of pyridine rings is 2. The van der Waals surface area contributed by atoms with Crippen molar-refractivity contribution in [3.63, 3.8) is 0 Å². The minimum Gasteiger partial charge on any atom is -0.397 e. The molecule has 3 N–H and O–H groups in total. The molecule has 0 unspecified atom stereocenters. The standard InChI is InChI=1S/C12H17ClN4O2.C8H8ClN3O2.2CH4/c1-16(2)6-5-14-11(9-17(18)19)7-10-3-4-12(13)15-8-10;9-8-2-1-6(4-11-8)3-7(10)5-12(13)14;;/h3-4,8-9,14H,5-7H2,1-2H3;1-2,4-5H,3,10H2;2*1H4/b11-9-;7-5-;;. The van der Waals surface area contributed by atoms with Crippen LogP contribution in [0.4, 0.5) is 0 Å². The highest BCUT2D eigenvalue weighted by molar-refractivity contribution is 6.29. The molecular weight excluding hydrogens is 497 g/mol. The second-order valence-electron chi connectivity index (χ2n) is 6.99.